The standard InChI is InChI=1S/C20H31N3O2/c1-14-6-5-7-18(15(14)2)22-19(24)13-23(4)12-16-8-10-17(11-9-16)20(25)21-3/h8-11,14-15,18H,5-7,12-13H2,1-4H3,(H,21,25)(H,22,24)/p+1/t14-,15+,18+/m0/s1. The number of rotatable bonds is 6. The van der Waals surface area contributed by atoms with Crippen LogP contribution in [0, 0.1) is 11.8 Å². The Hall–Kier alpha value is -1.88. The summed E-state index contributed by atoms with van der Waals surface area (Å²) in [5, 5.41) is 5.85. The third-order valence-corrected chi connectivity index (χ3v) is 5.46. The van der Waals surface area contributed by atoms with Crippen molar-refractivity contribution in [1.82, 2.24) is 10.6 Å². The van der Waals surface area contributed by atoms with Crippen LogP contribution >= 0.6 is 0 Å². The lowest BCUT2D eigenvalue weighted by Gasteiger charge is -2.34. The zero-order chi connectivity index (χ0) is 18.4. The van der Waals surface area contributed by atoms with Crippen molar-refractivity contribution in [2.45, 2.75) is 45.7 Å². The van der Waals surface area contributed by atoms with Gasteiger partial charge in [0.25, 0.3) is 11.8 Å². The number of benzene rings is 1. The Balaban J connectivity index is 1.82. The van der Waals surface area contributed by atoms with Crippen molar-refractivity contribution in [1.29, 1.82) is 0 Å². The Morgan fingerprint density at radius 1 is 1.16 bits per heavy atom. The van der Waals surface area contributed by atoms with Gasteiger partial charge in [-0.1, -0.05) is 38.8 Å². The normalized spacial score (nSPS) is 24.4. The van der Waals surface area contributed by atoms with Gasteiger partial charge in [0.05, 0.1) is 7.05 Å². The maximum absolute atomic E-state index is 12.4. The molecule has 1 fully saturated rings. The first-order valence-electron chi connectivity index (χ1n) is 9.32. The van der Waals surface area contributed by atoms with Crippen molar-refractivity contribution in [3.05, 3.63) is 35.4 Å². The van der Waals surface area contributed by atoms with E-state index in [-0.39, 0.29) is 11.8 Å². The molecule has 0 aromatic heterocycles. The number of hydrogen-bond acceptors (Lipinski definition) is 2. The molecule has 1 aromatic carbocycles. The molecule has 138 valence electrons. The van der Waals surface area contributed by atoms with Crippen molar-refractivity contribution >= 4 is 11.8 Å². The Kier molecular flexibility index (Phi) is 7.00. The molecule has 0 aliphatic heterocycles. The summed E-state index contributed by atoms with van der Waals surface area (Å²) in [7, 11) is 3.65. The Morgan fingerprint density at radius 2 is 1.84 bits per heavy atom. The number of carbonyl (C=O) groups excluding carboxylic acids is 2. The van der Waals surface area contributed by atoms with E-state index in [9.17, 15) is 9.59 Å². The fourth-order valence-corrected chi connectivity index (χ4v) is 3.65. The lowest BCUT2D eigenvalue weighted by Crippen LogP contribution is -3.09. The first kappa shape index (κ1) is 19.4. The van der Waals surface area contributed by atoms with Gasteiger partial charge in [-0.2, -0.15) is 0 Å². The average Bonchev–Trinajstić information content (AvgIpc) is 2.58. The summed E-state index contributed by atoms with van der Waals surface area (Å²) in [5.74, 6) is 1.28. The largest absolute Gasteiger partial charge is 0.355 e. The summed E-state index contributed by atoms with van der Waals surface area (Å²) in [6.07, 6.45) is 3.57. The van der Waals surface area contributed by atoms with Crippen LogP contribution in [0.4, 0.5) is 0 Å². The Bertz CT molecular complexity index is 585. The first-order valence-corrected chi connectivity index (χ1v) is 9.32. The van der Waals surface area contributed by atoms with E-state index < -0.39 is 0 Å². The summed E-state index contributed by atoms with van der Waals surface area (Å²) in [4.78, 5) is 25.1. The first-order chi connectivity index (χ1) is 11.9. The van der Waals surface area contributed by atoms with Crippen LogP contribution in [0.25, 0.3) is 0 Å². The molecule has 1 aliphatic carbocycles. The van der Waals surface area contributed by atoms with Crippen LogP contribution in [-0.4, -0.2) is 38.5 Å². The van der Waals surface area contributed by atoms with Crippen LogP contribution in [-0.2, 0) is 11.3 Å². The smallest absolute Gasteiger partial charge is 0.275 e. The number of nitrogens with one attached hydrogen (secondary N) is 3. The second-order valence-electron chi connectivity index (χ2n) is 7.53. The number of hydrogen-bond donors (Lipinski definition) is 3. The second-order valence-corrected chi connectivity index (χ2v) is 7.53. The lowest BCUT2D eigenvalue weighted by molar-refractivity contribution is -0.885. The lowest BCUT2D eigenvalue weighted by atomic mass is 9.78. The van der Waals surface area contributed by atoms with Crippen molar-refractivity contribution in [2.24, 2.45) is 11.8 Å². The Morgan fingerprint density at radius 3 is 2.48 bits per heavy atom. The molecule has 5 heteroatoms. The highest BCUT2D eigenvalue weighted by Crippen LogP contribution is 2.29. The molecule has 1 aromatic rings. The fraction of sp³-hybridized carbons (Fsp3) is 0.600. The van der Waals surface area contributed by atoms with Crippen LogP contribution in [0.5, 0.6) is 0 Å². The van der Waals surface area contributed by atoms with E-state index in [0.29, 0.717) is 30.0 Å². The maximum atomic E-state index is 12.4. The molecule has 2 amide bonds. The third-order valence-electron chi connectivity index (χ3n) is 5.46. The highest BCUT2D eigenvalue weighted by molar-refractivity contribution is 5.93. The zero-order valence-corrected chi connectivity index (χ0v) is 15.9. The van der Waals surface area contributed by atoms with Crippen molar-refractivity contribution in [2.75, 3.05) is 20.6 Å². The summed E-state index contributed by atoms with van der Waals surface area (Å²) in [5.41, 5.74) is 1.78. The predicted octanol–water partition coefficient (Wildman–Crippen LogP) is 1.00. The monoisotopic (exact) mass is 346 g/mol. The Labute approximate surface area is 151 Å². The highest BCUT2D eigenvalue weighted by Gasteiger charge is 2.28. The van der Waals surface area contributed by atoms with Crippen molar-refractivity contribution in [3.8, 4) is 0 Å². The number of amides is 2. The van der Waals surface area contributed by atoms with Gasteiger partial charge in [-0.25, -0.2) is 0 Å². The molecule has 0 heterocycles. The minimum Gasteiger partial charge on any atom is -0.355 e. The number of quaternary nitrogens is 1. The van der Waals surface area contributed by atoms with Crippen LogP contribution in [0.15, 0.2) is 24.3 Å². The van der Waals surface area contributed by atoms with E-state index in [0.717, 1.165) is 23.4 Å². The van der Waals surface area contributed by atoms with Crippen LogP contribution in [0.1, 0.15) is 49.0 Å². The fourth-order valence-electron chi connectivity index (χ4n) is 3.65. The molecular weight excluding hydrogens is 314 g/mol. The maximum Gasteiger partial charge on any atom is 0.275 e. The van der Waals surface area contributed by atoms with E-state index in [1.165, 1.54) is 12.8 Å². The molecule has 2 rings (SSSR count). The topological polar surface area (TPSA) is 62.6 Å². The minimum absolute atomic E-state index is 0.0811. The van der Waals surface area contributed by atoms with E-state index in [1.807, 2.05) is 31.3 Å². The molecule has 5 nitrogen and oxygen atoms in total. The van der Waals surface area contributed by atoms with E-state index in [4.69, 9.17) is 0 Å². The van der Waals surface area contributed by atoms with Gasteiger partial charge in [-0.05, 0) is 30.4 Å². The molecular formula is C20H32N3O2+. The van der Waals surface area contributed by atoms with Gasteiger partial charge in [-0.15, -0.1) is 0 Å². The SMILES string of the molecule is CNC(=O)c1ccc(C[NH+](C)CC(=O)N[C@@H]2CCC[C@H](C)[C@H]2C)cc1. The van der Waals surface area contributed by atoms with Gasteiger partial charge < -0.3 is 15.5 Å². The minimum atomic E-state index is -0.0811. The quantitative estimate of drug-likeness (QED) is 0.720. The predicted molar refractivity (Wildman–Crippen MR) is 99.4 cm³/mol. The molecule has 0 bridgehead atoms. The van der Waals surface area contributed by atoms with Crippen LogP contribution in [0.3, 0.4) is 0 Å². The second kappa shape index (κ2) is 8.99. The van der Waals surface area contributed by atoms with Gasteiger partial charge in [0.1, 0.15) is 6.54 Å². The molecule has 0 spiro atoms. The summed E-state index contributed by atoms with van der Waals surface area (Å²) < 4.78 is 0. The molecule has 3 N–H and O–H groups in total. The summed E-state index contributed by atoms with van der Waals surface area (Å²) in [6, 6.07) is 7.88. The molecule has 1 aliphatic rings. The van der Waals surface area contributed by atoms with E-state index >= 15 is 0 Å². The summed E-state index contributed by atoms with van der Waals surface area (Å²) in [6.45, 7) is 5.76. The van der Waals surface area contributed by atoms with E-state index in [2.05, 4.69) is 24.5 Å². The van der Waals surface area contributed by atoms with Crippen molar-refractivity contribution < 1.29 is 14.5 Å². The molecule has 0 saturated heterocycles. The van der Waals surface area contributed by atoms with Crippen molar-refractivity contribution in [3.63, 3.8) is 0 Å². The third kappa shape index (κ3) is 5.56. The molecule has 1 unspecified atom stereocenters. The zero-order valence-electron chi connectivity index (χ0n) is 15.9. The number of likely N-dealkylation sites (N-methyl/N-ethyl adjacent to an activating group) is 1. The van der Waals surface area contributed by atoms with E-state index in [1.54, 1.807) is 7.05 Å². The van der Waals surface area contributed by atoms with Gasteiger partial charge in [0.2, 0.25) is 0 Å². The average molecular weight is 346 g/mol. The van der Waals surface area contributed by atoms with Gasteiger partial charge >= 0.3 is 0 Å². The van der Waals surface area contributed by atoms with Crippen LogP contribution < -0.4 is 15.5 Å². The molecule has 0 radical (unpaired) electrons. The molecule has 25 heavy (non-hydrogen) atoms. The molecule has 4 atom stereocenters. The van der Waals surface area contributed by atoms with Gasteiger partial charge in [0, 0.05) is 24.2 Å². The number of carbonyl (C=O) groups is 2. The molecule has 1 saturated carbocycles. The van der Waals surface area contributed by atoms with Gasteiger partial charge in [0.15, 0.2) is 6.54 Å². The van der Waals surface area contributed by atoms with Gasteiger partial charge in [-0.3, -0.25) is 9.59 Å². The highest BCUT2D eigenvalue weighted by atomic mass is 16.2. The summed E-state index contributed by atoms with van der Waals surface area (Å²) >= 11 is 0. The van der Waals surface area contributed by atoms with Crippen LogP contribution in [0.2, 0.25) is 0 Å².